The average Bonchev–Trinajstić information content (AvgIpc) is 2.33. The third-order valence-corrected chi connectivity index (χ3v) is 2.06. The number of nitrogens with zero attached hydrogens (tertiary/aromatic N) is 2. The molecule has 2 aromatic rings. The number of aromatic nitrogens is 2. The van der Waals surface area contributed by atoms with E-state index in [9.17, 15) is 0 Å². The van der Waals surface area contributed by atoms with Gasteiger partial charge in [-0.2, -0.15) is 0 Å². The maximum Gasteiger partial charge on any atom is 0.159 e. The highest BCUT2D eigenvalue weighted by atomic mass is 127. The third-order valence-electron chi connectivity index (χ3n) is 1.45. The van der Waals surface area contributed by atoms with Crippen LogP contribution in [0.4, 0.5) is 0 Å². The Morgan fingerprint density at radius 3 is 3.09 bits per heavy atom. The number of aryl methyl sites for hydroxylation is 1. The first kappa shape index (κ1) is 7.02. The second-order valence-corrected chi connectivity index (χ2v) is 3.35. The van der Waals surface area contributed by atoms with Crippen molar-refractivity contribution in [2.24, 2.45) is 0 Å². The van der Waals surface area contributed by atoms with E-state index in [0.717, 1.165) is 20.5 Å². The van der Waals surface area contributed by atoms with Crippen molar-refractivity contribution in [2.45, 2.75) is 6.92 Å². The van der Waals surface area contributed by atoms with Gasteiger partial charge in [-0.3, -0.25) is 0 Å². The molecule has 56 valence electrons. The molecule has 0 radical (unpaired) electrons. The molecule has 11 heavy (non-hydrogen) atoms. The number of hydrogen-bond donors (Lipinski definition) is 0. The number of pyridine rings is 1. The minimum atomic E-state index is 0.776. The molecule has 0 aromatic carbocycles. The Morgan fingerprint density at radius 2 is 2.27 bits per heavy atom. The Bertz CT molecular complexity index is 396. The average molecular weight is 260 g/mol. The smallest absolute Gasteiger partial charge is 0.159 e. The molecule has 0 aliphatic heterocycles. The van der Waals surface area contributed by atoms with Crippen LogP contribution in [0.3, 0.4) is 0 Å². The van der Waals surface area contributed by atoms with Crippen LogP contribution in [-0.2, 0) is 0 Å². The molecule has 2 aromatic heterocycles. The number of rotatable bonds is 0. The molecular formula is C7H5IN2O. The van der Waals surface area contributed by atoms with E-state index < -0.39 is 0 Å². The summed E-state index contributed by atoms with van der Waals surface area (Å²) in [6.07, 6.45) is 0. The molecule has 0 aliphatic rings. The van der Waals surface area contributed by atoms with Crippen LogP contribution in [0.1, 0.15) is 5.76 Å². The van der Waals surface area contributed by atoms with Crippen LogP contribution in [-0.4, -0.2) is 10.1 Å². The summed E-state index contributed by atoms with van der Waals surface area (Å²) in [6.45, 7) is 1.86. The lowest BCUT2D eigenvalue weighted by molar-refractivity contribution is 0.405. The van der Waals surface area contributed by atoms with E-state index in [4.69, 9.17) is 4.52 Å². The van der Waals surface area contributed by atoms with Crippen LogP contribution in [0.2, 0.25) is 0 Å². The van der Waals surface area contributed by atoms with E-state index in [1.54, 1.807) is 0 Å². The maximum atomic E-state index is 4.95. The van der Waals surface area contributed by atoms with Crippen molar-refractivity contribution < 1.29 is 4.52 Å². The summed E-state index contributed by atoms with van der Waals surface area (Å²) < 4.78 is 5.91. The first-order valence-electron chi connectivity index (χ1n) is 3.16. The Kier molecular flexibility index (Phi) is 1.56. The first-order chi connectivity index (χ1) is 5.27. The standard InChI is InChI=1S/C7H5IN2O/c1-4-7-5(10-11-4)2-3-6(8)9-7/h2-3H,1H3. The van der Waals surface area contributed by atoms with Gasteiger partial charge in [0.05, 0.1) is 0 Å². The highest BCUT2D eigenvalue weighted by Gasteiger charge is 2.04. The van der Waals surface area contributed by atoms with Crippen molar-refractivity contribution in [3.8, 4) is 0 Å². The van der Waals surface area contributed by atoms with Gasteiger partial charge < -0.3 is 4.52 Å². The lowest BCUT2D eigenvalue weighted by Gasteiger charge is -1.87. The highest BCUT2D eigenvalue weighted by Crippen LogP contribution is 2.15. The lowest BCUT2D eigenvalue weighted by Crippen LogP contribution is -1.79. The second kappa shape index (κ2) is 2.44. The van der Waals surface area contributed by atoms with E-state index in [-0.39, 0.29) is 0 Å². The molecule has 0 amide bonds. The molecule has 2 heterocycles. The third kappa shape index (κ3) is 1.11. The Hall–Kier alpha value is -0.650. The summed E-state index contributed by atoms with van der Waals surface area (Å²) in [6, 6.07) is 3.81. The van der Waals surface area contributed by atoms with Crippen LogP contribution >= 0.6 is 22.6 Å². The second-order valence-electron chi connectivity index (χ2n) is 2.24. The van der Waals surface area contributed by atoms with E-state index in [0.29, 0.717) is 0 Å². The first-order valence-corrected chi connectivity index (χ1v) is 4.24. The van der Waals surface area contributed by atoms with Crippen molar-refractivity contribution >= 4 is 33.6 Å². The molecule has 0 atom stereocenters. The van der Waals surface area contributed by atoms with E-state index in [2.05, 4.69) is 32.7 Å². The zero-order chi connectivity index (χ0) is 7.84. The van der Waals surface area contributed by atoms with Crippen molar-refractivity contribution in [2.75, 3.05) is 0 Å². The fourth-order valence-corrected chi connectivity index (χ4v) is 1.34. The molecule has 0 aliphatic carbocycles. The largest absolute Gasteiger partial charge is 0.359 e. The fourth-order valence-electron chi connectivity index (χ4n) is 0.922. The van der Waals surface area contributed by atoms with Crippen LogP contribution in [0.5, 0.6) is 0 Å². The molecule has 0 unspecified atom stereocenters. The normalized spacial score (nSPS) is 10.7. The zero-order valence-electron chi connectivity index (χ0n) is 5.84. The molecule has 0 N–H and O–H groups in total. The predicted molar refractivity (Wildman–Crippen MR) is 49.3 cm³/mol. The Morgan fingerprint density at radius 1 is 1.45 bits per heavy atom. The van der Waals surface area contributed by atoms with Crippen molar-refractivity contribution in [1.82, 2.24) is 10.1 Å². The van der Waals surface area contributed by atoms with Crippen LogP contribution in [0, 0.1) is 10.6 Å². The van der Waals surface area contributed by atoms with Crippen molar-refractivity contribution in [1.29, 1.82) is 0 Å². The summed E-state index contributed by atoms with van der Waals surface area (Å²) >= 11 is 2.16. The molecule has 3 nitrogen and oxygen atoms in total. The van der Waals surface area contributed by atoms with E-state index in [1.807, 2.05) is 19.1 Å². The van der Waals surface area contributed by atoms with Gasteiger partial charge in [-0.05, 0) is 41.6 Å². The Balaban J connectivity index is 2.87. The zero-order valence-corrected chi connectivity index (χ0v) is 7.99. The molecule has 0 saturated heterocycles. The van der Waals surface area contributed by atoms with E-state index in [1.165, 1.54) is 0 Å². The maximum absolute atomic E-state index is 4.95. The summed E-state index contributed by atoms with van der Waals surface area (Å²) in [7, 11) is 0. The van der Waals surface area contributed by atoms with Gasteiger partial charge in [-0.25, -0.2) is 4.98 Å². The van der Waals surface area contributed by atoms with Gasteiger partial charge in [-0.15, -0.1) is 0 Å². The molecular weight excluding hydrogens is 255 g/mol. The monoisotopic (exact) mass is 260 g/mol. The van der Waals surface area contributed by atoms with Crippen LogP contribution in [0.25, 0.3) is 11.0 Å². The lowest BCUT2D eigenvalue weighted by atomic mass is 10.3. The summed E-state index contributed by atoms with van der Waals surface area (Å²) in [4.78, 5) is 4.27. The number of halogens is 1. The van der Waals surface area contributed by atoms with Gasteiger partial charge in [0.2, 0.25) is 0 Å². The number of hydrogen-bond acceptors (Lipinski definition) is 3. The molecule has 0 fully saturated rings. The quantitative estimate of drug-likeness (QED) is 0.538. The van der Waals surface area contributed by atoms with Gasteiger partial charge in [-0.1, -0.05) is 5.16 Å². The van der Waals surface area contributed by atoms with Crippen molar-refractivity contribution in [3.05, 3.63) is 21.6 Å². The Labute approximate surface area is 76.9 Å². The fraction of sp³-hybridized carbons (Fsp3) is 0.143. The minimum Gasteiger partial charge on any atom is -0.359 e. The van der Waals surface area contributed by atoms with Gasteiger partial charge >= 0.3 is 0 Å². The summed E-state index contributed by atoms with van der Waals surface area (Å²) in [5, 5.41) is 3.82. The van der Waals surface area contributed by atoms with Gasteiger partial charge in [0, 0.05) is 0 Å². The van der Waals surface area contributed by atoms with Crippen molar-refractivity contribution in [3.63, 3.8) is 0 Å². The molecule has 4 heteroatoms. The topological polar surface area (TPSA) is 38.9 Å². The van der Waals surface area contributed by atoms with Gasteiger partial charge in [0.25, 0.3) is 0 Å². The molecule has 0 spiro atoms. The highest BCUT2D eigenvalue weighted by molar-refractivity contribution is 14.1. The number of fused-ring (bicyclic) bond motifs is 1. The molecule has 0 saturated carbocycles. The van der Waals surface area contributed by atoms with E-state index >= 15 is 0 Å². The summed E-state index contributed by atoms with van der Waals surface area (Å²) in [5.74, 6) is 0.776. The summed E-state index contributed by atoms with van der Waals surface area (Å²) in [5.41, 5.74) is 1.68. The van der Waals surface area contributed by atoms with Gasteiger partial charge in [0.1, 0.15) is 14.7 Å². The SMILES string of the molecule is Cc1onc2ccc(I)nc12. The molecule has 0 bridgehead atoms. The van der Waals surface area contributed by atoms with Crippen LogP contribution in [0.15, 0.2) is 16.7 Å². The van der Waals surface area contributed by atoms with Crippen LogP contribution < -0.4 is 0 Å². The predicted octanol–water partition coefficient (Wildman–Crippen LogP) is 2.14. The van der Waals surface area contributed by atoms with Gasteiger partial charge in [0.15, 0.2) is 5.76 Å². The molecule has 2 rings (SSSR count). The minimum absolute atomic E-state index is 0.776.